The summed E-state index contributed by atoms with van der Waals surface area (Å²) in [6.45, 7) is 2.77. The van der Waals surface area contributed by atoms with Crippen molar-refractivity contribution in [3.05, 3.63) is 59.7 Å². The smallest absolute Gasteiger partial charge is 0.303 e. The molecule has 1 heterocycles. The van der Waals surface area contributed by atoms with Crippen molar-refractivity contribution in [3.63, 3.8) is 0 Å². The van der Waals surface area contributed by atoms with Crippen LogP contribution in [0.25, 0.3) is 0 Å². The minimum Gasteiger partial charge on any atom is -0.497 e. The molecule has 0 spiro atoms. The van der Waals surface area contributed by atoms with Crippen LogP contribution >= 0.6 is 0 Å². The van der Waals surface area contributed by atoms with Crippen molar-refractivity contribution < 1.29 is 23.8 Å². The average Bonchev–Trinajstić information content (AvgIpc) is 3.07. The van der Waals surface area contributed by atoms with Gasteiger partial charge >= 0.3 is 5.97 Å². The molecule has 0 aromatic heterocycles. The molecule has 0 N–H and O–H groups in total. The lowest BCUT2D eigenvalue weighted by molar-refractivity contribution is -0.147. The molecule has 0 radical (unpaired) electrons. The van der Waals surface area contributed by atoms with E-state index in [1.165, 1.54) is 18.9 Å². The molecule has 0 aliphatic carbocycles. The summed E-state index contributed by atoms with van der Waals surface area (Å²) in [5.74, 6) is 0.689. The van der Waals surface area contributed by atoms with Crippen LogP contribution in [0, 0.1) is 0 Å². The number of amides is 1. The van der Waals surface area contributed by atoms with Crippen LogP contribution < -0.4 is 9.47 Å². The number of rotatable bonds is 5. The van der Waals surface area contributed by atoms with Gasteiger partial charge in [0.15, 0.2) is 6.10 Å². The number of carbonyl (C=O) groups excluding carboxylic acids is 2. The van der Waals surface area contributed by atoms with Gasteiger partial charge in [0.2, 0.25) is 5.91 Å². The highest BCUT2D eigenvalue weighted by Gasteiger charge is 2.43. The van der Waals surface area contributed by atoms with Gasteiger partial charge in [0, 0.05) is 19.4 Å². The first-order valence-corrected chi connectivity index (χ1v) is 8.78. The molecule has 7 heteroatoms. The van der Waals surface area contributed by atoms with Crippen LogP contribution in [0.5, 0.6) is 11.5 Å². The van der Waals surface area contributed by atoms with Crippen LogP contribution in [0.3, 0.4) is 0 Å². The SMILES string of the molecule is COc1ccc(C2=NN(C(C)=O)[C@H](c3ccc(OC)cc3)[C@H]2OC(C)=O)cc1. The van der Waals surface area contributed by atoms with Gasteiger partial charge in [-0.25, -0.2) is 5.01 Å². The lowest BCUT2D eigenvalue weighted by Gasteiger charge is -2.26. The van der Waals surface area contributed by atoms with Crippen molar-refractivity contribution in [2.75, 3.05) is 14.2 Å². The number of hydrogen-bond acceptors (Lipinski definition) is 6. The Morgan fingerprint density at radius 1 is 0.893 bits per heavy atom. The summed E-state index contributed by atoms with van der Waals surface area (Å²) >= 11 is 0. The Morgan fingerprint density at radius 3 is 1.89 bits per heavy atom. The molecule has 1 aliphatic heterocycles. The lowest BCUT2D eigenvalue weighted by Crippen LogP contribution is -2.35. The second-order valence-corrected chi connectivity index (χ2v) is 6.33. The fraction of sp³-hybridized carbons (Fsp3) is 0.286. The van der Waals surface area contributed by atoms with Crippen molar-refractivity contribution in [1.82, 2.24) is 5.01 Å². The number of hydrazone groups is 1. The largest absolute Gasteiger partial charge is 0.497 e. The van der Waals surface area contributed by atoms with E-state index < -0.39 is 18.1 Å². The third-order valence-corrected chi connectivity index (χ3v) is 4.49. The van der Waals surface area contributed by atoms with Crippen molar-refractivity contribution in [2.45, 2.75) is 26.0 Å². The second kappa shape index (κ2) is 8.12. The number of methoxy groups -OCH3 is 2. The van der Waals surface area contributed by atoms with E-state index in [9.17, 15) is 9.59 Å². The van der Waals surface area contributed by atoms with E-state index in [0.29, 0.717) is 17.2 Å². The third-order valence-electron chi connectivity index (χ3n) is 4.49. The normalized spacial score (nSPS) is 18.4. The average molecular weight is 382 g/mol. The van der Waals surface area contributed by atoms with Crippen molar-refractivity contribution >= 4 is 17.6 Å². The summed E-state index contributed by atoms with van der Waals surface area (Å²) in [4.78, 5) is 24.1. The second-order valence-electron chi connectivity index (χ2n) is 6.33. The molecule has 146 valence electrons. The zero-order valence-electron chi connectivity index (χ0n) is 16.2. The first kappa shape index (κ1) is 19.4. The summed E-state index contributed by atoms with van der Waals surface area (Å²) in [5.41, 5.74) is 2.04. The molecular weight excluding hydrogens is 360 g/mol. The number of esters is 1. The summed E-state index contributed by atoms with van der Waals surface area (Å²) < 4.78 is 16.0. The number of benzene rings is 2. The Kier molecular flexibility index (Phi) is 5.63. The van der Waals surface area contributed by atoms with Crippen LogP contribution in [0.2, 0.25) is 0 Å². The number of hydrogen-bond donors (Lipinski definition) is 0. The van der Waals surface area contributed by atoms with Crippen LogP contribution in [0.1, 0.15) is 31.0 Å². The molecule has 0 saturated heterocycles. The highest BCUT2D eigenvalue weighted by Crippen LogP contribution is 2.36. The number of carbonyl (C=O) groups is 2. The summed E-state index contributed by atoms with van der Waals surface area (Å²) in [6, 6.07) is 13.9. The first-order chi connectivity index (χ1) is 13.4. The van der Waals surface area contributed by atoms with Crippen molar-refractivity contribution in [1.29, 1.82) is 0 Å². The van der Waals surface area contributed by atoms with Crippen molar-refractivity contribution in [3.8, 4) is 11.5 Å². The zero-order valence-corrected chi connectivity index (χ0v) is 16.2. The molecule has 2 aromatic carbocycles. The molecule has 2 atom stereocenters. The Bertz CT molecular complexity index is 890. The van der Waals surface area contributed by atoms with Gasteiger partial charge in [0.1, 0.15) is 23.3 Å². The minimum absolute atomic E-state index is 0.249. The van der Waals surface area contributed by atoms with Gasteiger partial charge in [-0.15, -0.1) is 0 Å². The van der Waals surface area contributed by atoms with Crippen molar-refractivity contribution in [2.24, 2.45) is 5.10 Å². The molecule has 1 aliphatic rings. The zero-order chi connectivity index (χ0) is 20.3. The third kappa shape index (κ3) is 3.83. The van der Waals surface area contributed by atoms with Gasteiger partial charge in [-0.2, -0.15) is 5.10 Å². The van der Waals surface area contributed by atoms with Crippen LogP contribution in [0.15, 0.2) is 53.6 Å². The van der Waals surface area contributed by atoms with E-state index in [1.807, 2.05) is 24.3 Å². The van der Waals surface area contributed by atoms with Gasteiger partial charge < -0.3 is 14.2 Å². The van der Waals surface area contributed by atoms with Gasteiger partial charge in [-0.3, -0.25) is 9.59 Å². The number of nitrogens with zero attached hydrogens (tertiary/aromatic N) is 2. The Hall–Kier alpha value is -3.35. The van der Waals surface area contributed by atoms with Crippen LogP contribution in [0.4, 0.5) is 0 Å². The quantitative estimate of drug-likeness (QED) is 0.743. The van der Waals surface area contributed by atoms with Gasteiger partial charge in [-0.05, 0) is 42.0 Å². The topological polar surface area (TPSA) is 77.4 Å². The summed E-state index contributed by atoms with van der Waals surface area (Å²) in [7, 11) is 3.17. The maximum atomic E-state index is 12.3. The summed E-state index contributed by atoms with van der Waals surface area (Å²) in [5, 5.41) is 5.86. The van der Waals surface area contributed by atoms with Gasteiger partial charge in [0.05, 0.1) is 14.2 Å². The summed E-state index contributed by atoms with van der Waals surface area (Å²) in [6.07, 6.45) is -0.733. The predicted octanol–water partition coefficient (Wildman–Crippen LogP) is 2.94. The monoisotopic (exact) mass is 382 g/mol. The molecule has 0 bridgehead atoms. The molecule has 0 fully saturated rings. The molecular formula is C21H22N2O5. The predicted molar refractivity (Wildman–Crippen MR) is 103 cm³/mol. The maximum absolute atomic E-state index is 12.3. The molecule has 0 saturated carbocycles. The minimum atomic E-state index is -0.733. The van der Waals surface area contributed by atoms with Gasteiger partial charge in [0.25, 0.3) is 0 Å². The highest BCUT2D eigenvalue weighted by atomic mass is 16.5. The molecule has 2 aromatic rings. The van der Waals surface area contributed by atoms with E-state index >= 15 is 0 Å². The molecule has 1 amide bonds. The Labute approximate surface area is 163 Å². The van der Waals surface area contributed by atoms with E-state index in [1.54, 1.807) is 38.5 Å². The first-order valence-electron chi connectivity index (χ1n) is 8.78. The van der Waals surface area contributed by atoms with Crippen LogP contribution in [-0.4, -0.2) is 42.9 Å². The van der Waals surface area contributed by atoms with E-state index in [4.69, 9.17) is 14.2 Å². The fourth-order valence-corrected chi connectivity index (χ4v) is 3.18. The Balaban J connectivity index is 2.05. The van der Waals surface area contributed by atoms with Crippen LogP contribution in [-0.2, 0) is 14.3 Å². The molecule has 7 nitrogen and oxygen atoms in total. The van der Waals surface area contributed by atoms with E-state index in [2.05, 4.69) is 5.10 Å². The standard InChI is InChI=1S/C21H22N2O5/c1-13(24)23-20(16-7-11-18(27-4)12-8-16)21(28-14(2)25)19(22-23)15-5-9-17(26-3)10-6-15/h5-12,20-21H,1-4H3/t20-,21+/m1/s1. The molecule has 3 rings (SSSR count). The van der Waals surface area contributed by atoms with Gasteiger partial charge in [-0.1, -0.05) is 12.1 Å². The maximum Gasteiger partial charge on any atom is 0.303 e. The highest BCUT2D eigenvalue weighted by molar-refractivity contribution is 6.07. The number of ether oxygens (including phenoxy) is 3. The lowest BCUT2D eigenvalue weighted by atomic mass is 9.95. The van der Waals surface area contributed by atoms with E-state index in [0.717, 1.165) is 11.1 Å². The molecule has 28 heavy (non-hydrogen) atoms. The molecule has 0 unspecified atom stereocenters. The van der Waals surface area contributed by atoms with E-state index in [-0.39, 0.29) is 5.91 Å². The fourth-order valence-electron chi connectivity index (χ4n) is 3.18. The Morgan fingerprint density at radius 2 is 1.43 bits per heavy atom.